The van der Waals surface area contributed by atoms with Gasteiger partial charge in [-0.15, -0.1) is 0 Å². The highest BCUT2D eigenvalue weighted by molar-refractivity contribution is 5.78. The van der Waals surface area contributed by atoms with E-state index >= 15 is 0 Å². The molecular weight excluding hydrogens is 457 g/mol. The van der Waals surface area contributed by atoms with E-state index in [4.69, 9.17) is 24.1 Å². The minimum Gasteiger partial charge on any atom is -0.493 e. The van der Waals surface area contributed by atoms with Crippen molar-refractivity contribution in [2.45, 2.75) is 31.5 Å². The van der Waals surface area contributed by atoms with Crippen molar-refractivity contribution < 1.29 is 42.1 Å². The number of piperidine rings is 1. The minimum atomic E-state index is -5.08. The van der Waals surface area contributed by atoms with Crippen molar-refractivity contribution in [1.82, 2.24) is 9.80 Å². The molecule has 3 aliphatic rings. The molecule has 190 valence electrons. The van der Waals surface area contributed by atoms with Gasteiger partial charge in [-0.05, 0) is 38.1 Å². The van der Waals surface area contributed by atoms with E-state index in [1.54, 1.807) is 7.11 Å². The van der Waals surface area contributed by atoms with Crippen LogP contribution < -0.4 is 9.47 Å². The topological polar surface area (TPSA) is 88.5 Å². The summed E-state index contributed by atoms with van der Waals surface area (Å²) in [5.74, 6) is -0.480. The monoisotopic (exact) mass is 488 g/mol. The normalized spacial score (nSPS) is 24.7. The summed E-state index contributed by atoms with van der Waals surface area (Å²) in [6, 6.07) is 7.41. The summed E-state index contributed by atoms with van der Waals surface area (Å²) in [4.78, 5) is 26.0. The van der Waals surface area contributed by atoms with Crippen LogP contribution in [-0.2, 0) is 14.3 Å². The molecule has 8 nitrogen and oxygen atoms in total. The van der Waals surface area contributed by atoms with Crippen LogP contribution in [0, 0.1) is 11.8 Å². The molecule has 3 fully saturated rings. The fourth-order valence-electron chi connectivity index (χ4n) is 4.63. The first-order valence-electron chi connectivity index (χ1n) is 11.4. The molecule has 0 radical (unpaired) electrons. The van der Waals surface area contributed by atoms with Gasteiger partial charge in [-0.3, -0.25) is 4.79 Å². The number of fused-ring (bicyclic) bond motifs is 1. The summed E-state index contributed by atoms with van der Waals surface area (Å²) in [6.45, 7) is 5.89. The second-order valence-electron chi connectivity index (χ2n) is 8.70. The number of rotatable bonds is 6. The van der Waals surface area contributed by atoms with Crippen LogP contribution in [0.4, 0.5) is 13.2 Å². The van der Waals surface area contributed by atoms with Crippen LogP contribution in [0.2, 0.25) is 0 Å². The molecule has 0 bridgehead atoms. The van der Waals surface area contributed by atoms with Gasteiger partial charge in [-0.1, -0.05) is 18.6 Å². The van der Waals surface area contributed by atoms with Gasteiger partial charge in [0.15, 0.2) is 18.1 Å². The van der Waals surface area contributed by atoms with Crippen LogP contribution in [0.5, 0.6) is 11.5 Å². The summed E-state index contributed by atoms with van der Waals surface area (Å²) in [6.07, 6.45) is -0.910. The zero-order valence-corrected chi connectivity index (χ0v) is 19.1. The third-order valence-corrected chi connectivity index (χ3v) is 6.40. The predicted molar refractivity (Wildman–Crippen MR) is 116 cm³/mol. The molecule has 3 aliphatic heterocycles. The van der Waals surface area contributed by atoms with Crippen molar-refractivity contribution >= 4 is 11.9 Å². The highest BCUT2D eigenvalue weighted by atomic mass is 19.4. The predicted octanol–water partition coefficient (Wildman–Crippen LogP) is 2.67. The molecule has 0 unspecified atom stereocenters. The number of methoxy groups -OCH3 is 1. The van der Waals surface area contributed by atoms with E-state index in [2.05, 4.69) is 4.90 Å². The number of aliphatic carboxylic acids is 1. The lowest BCUT2D eigenvalue weighted by Gasteiger charge is -2.30. The van der Waals surface area contributed by atoms with Crippen molar-refractivity contribution in [1.29, 1.82) is 0 Å². The van der Waals surface area contributed by atoms with E-state index < -0.39 is 12.1 Å². The second kappa shape index (κ2) is 11.7. The van der Waals surface area contributed by atoms with Crippen LogP contribution in [0.15, 0.2) is 24.3 Å². The van der Waals surface area contributed by atoms with Crippen LogP contribution >= 0.6 is 0 Å². The highest BCUT2D eigenvalue weighted by Gasteiger charge is 2.45. The molecule has 4 rings (SSSR count). The Balaban J connectivity index is 0.000000406. The standard InChI is InChI=1S/C21H30N2O4.C2HF3O2/c1-25-18-7-3-4-8-19(18)27-15-21(24)23-12-17-16(14-26-20(17)13-23)11-22-9-5-2-6-10-22;3-2(4,5)1(6)7/h3-4,7-8,16-17,20H,2,5-6,9-15H2,1H3;(H,6,7)/t16-,17+,20+;/m0./s1. The molecule has 1 amide bonds. The molecule has 1 N–H and O–H groups in total. The number of amides is 1. The van der Waals surface area contributed by atoms with Crippen molar-refractivity contribution in [3.05, 3.63) is 24.3 Å². The first-order valence-corrected chi connectivity index (χ1v) is 11.4. The van der Waals surface area contributed by atoms with Crippen LogP contribution in [-0.4, -0.2) is 92.1 Å². The Morgan fingerprint density at radius 2 is 1.76 bits per heavy atom. The summed E-state index contributed by atoms with van der Waals surface area (Å²) >= 11 is 0. The number of carboxylic acids is 1. The quantitative estimate of drug-likeness (QED) is 0.659. The zero-order chi connectivity index (χ0) is 24.7. The lowest BCUT2D eigenvalue weighted by Crippen LogP contribution is -2.38. The van der Waals surface area contributed by atoms with Gasteiger partial charge < -0.3 is 29.1 Å². The lowest BCUT2D eigenvalue weighted by molar-refractivity contribution is -0.192. The van der Waals surface area contributed by atoms with Gasteiger partial charge in [0.2, 0.25) is 0 Å². The van der Waals surface area contributed by atoms with Crippen LogP contribution in [0.25, 0.3) is 0 Å². The summed E-state index contributed by atoms with van der Waals surface area (Å²) < 4.78 is 48.7. The number of carbonyl (C=O) groups excluding carboxylic acids is 1. The average Bonchev–Trinajstić information content (AvgIpc) is 3.40. The molecule has 0 aliphatic carbocycles. The fourth-order valence-corrected chi connectivity index (χ4v) is 4.63. The van der Waals surface area contributed by atoms with Gasteiger partial charge in [0, 0.05) is 31.5 Å². The molecule has 3 atom stereocenters. The maximum absolute atomic E-state index is 12.6. The maximum Gasteiger partial charge on any atom is 0.490 e. The zero-order valence-electron chi connectivity index (χ0n) is 19.1. The van der Waals surface area contributed by atoms with Crippen LogP contribution in [0.3, 0.4) is 0 Å². The van der Waals surface area contributed by atoms with Gasteiger partial charge >= 0.3 is 12.1 Å². The van der Waals surface area contributed by atoms with E-state index in [9.17, 15) is 18.0 Å². The number of hydrogen-bond acceptors (Lipinski definition) is 6. The molecule has 0 spiro atoms. The molecule has 34 heavy (non-hydrogen) atoms. The Hall–Kier alpha value is -2.53. The number of para-hydroxylation sites is 2. The number of alkyl halides is 3. The lowest BCUT2D eigenvalue weighted by atomic mass is 9.92. The van der Waals surface area contributed by atoms with Crippen molar-refractivity contribution in [3.63, 3.8) is 0 Å². The number of halogens is 3. The second-order valence-corrected chi connectivity index (χ2v) is 8.70. The SMILES string of the molecule is COc1ccccc1OCC(=O)N1C[C@@H]2[C@@H](CN3CCCCC3)CO[C@@H]2C1.O=C(O)C(F)(F)F. The Kier molecular flexibility index (Phi) is 9.01. The maximum atomic E-state index is 12.6. The highest BCUT2D eigenvalue weighted by Crippen LogP contribution is 2.35. The van der Waals surface area contributed by atoms with Crippen molar-refractivity contribution in [3.8, 4) is 11.5 Å². The van der Waals surface area contributed by atoms with Crippen LogP contribution in [0.1, 0.15) is 19.3 Å². The minimum absolute atomic E-state index is 0.0237. The number of hydrogen-bond donors (Lipinski definition) is 1. The van der Waals surface area contributed by atoms with Gasteiger partial charge in [0.05, 0.1) is 19.8 Å². The molecule has 1 aromatic carbocycles. The van der Waals surface area contributed by atoms with E-state index in [0.29, 0.717) is 29.9 Å². The third kappa shape index (κ3) is 6.99. The third-order valence-electron chi connectivity index (χ3n) is 6.40. The Morgan fingerprint density at radius 1 is 1.12 bits per heavy atom. The van der Waals surface area contributed by atoms with Gasteiger partial charge in [0.1, 0.15) is 0 Å². The largest absolute Gasteiger partial charge is 0.493 e. The Labute approximate surface area is 196 Å². The molecule has 0 aromatic heterocycles. The molecule has 3 heterocycles. The average molecular weight is 489 g/mol. The Bertz CT molecular complexity index is 831. The number of carboxylic acid groups (broad SMARTS) is 1. The van der Waals surface area contributed by atoms with Gasteiger partial charge in [-0.2, -0.15) is 13.2 Å². The molecule has 3 saturated heterocycles. The summed E-state index contributed by atoms with van der Waals surface area (Å²) in [7, 11) is 1.60. The first kappa shape index (κ1) is 26.1. The van der Waals surface area contributed by atoms with Crippen molar-refractivity contribution in [2.24, 2.45) is 11.8 Å². The summed E-state index contributed by atoms with van der Waals surface area (Å²) in [5.41, 5.74) is 0. The molecule has 11 heteroatoms. The number of nitrogens with zero attached hydrogens (tertiary/aromatic N) is 2. The van der Waals surface area contributed by atoms with Gasteiger partial charge in [0.25, 0.3) is 5.91 Å². The fraction of sp³-hybridized carbons (Fsp3) is 0.652. The molecule has 1 aromatic rings. The van der Waals surface area contributed by atoms with E-state index in [0.717, 1.165) is 19.7 Å². The van der Waals surface area contributed by atoms with E-state index in [-0.39, 0.29) is 18.6 Å². The number of ether oxygens (including phenoxy) is 3. The molecule has 0 saturated carbocycles. The van der Waals surface area contributed by atoms with Gasteiger partial charge in [-0.25, -0.2) is 4.79 Å². The first-order chi connectivity index (χ1) is 16.2. The number of likely N-dealkylation sites (tertiary alicyclic amines) is 2. The Morgan fingerprint density at radius 3 is 2.38 bits per heavy atom. The van der Waals surface area contributed by atoms with E-state index in [1.165, 1.54) is 32.4 Å². The number of benzene rings is 1. The summed E-state index contributed by atoms with van der Waals surface area (Å²) in [5, 5.41) is 7.12. The van der Waals surface area contributed by atoms with Crippen molar-refractivity contribution in [2.75, 3.05) is 53.0 Å². The smallest absolute Gasteiger partial charge is 0.490 e. The number of carbonyl (C=O) groups is 2. The van der Waals surface area contributed by atoms with E-state index in [1.807, 2.05) is 29.2 Å². The molecular formula is C23H31F3N2O6.